The van der Waals surface area contributed by atoms with Crippen molar-refractivity contribution in [1.82, 2.24) is 23.9 Å². The Bertz CT molecular complexity index is 1790. The number of pyridine rings is 1. The summed E-state index contributed by atoms with van der Waals surface area (Å²) in [4.78, 5) is 31.2. The van der Waals surface area contributed by atoms with E-state index >= 15 is 0 Å². The molecule has 5 rings (SSSR count). The number of alkyl halides is 3. The van der Waals surface area contributed by atoms with Crippen molar-refractivity contribution in [3.05, 3.63) is 68.5 Å². The van der Waals surface area contributed by atoms with Crippen molar-refractivity contribution in [2.24, 2.45) is 7.05 Å². The van der Waals surface area contributed by atoms with Crippen molar-refractivity contribution in [3.8, 4) is 21.9 Å². The molecule has 0 bridgehead atoms. The number of nitrogens with zero attached hydrogens (tertiary/aromatic N) is 5. The maximum Gasteiger partial charge on any atom is 0.406 e. The van der Waals surface area contributed by atoms with Crippen molar-refractivity contribution in [2.75, 3.05) is 7.11 Å². The van der Waals surface area contributed by atoms with Gasteiger partial charge in [-0.05, 0) is 18.2 Å². The number of hydrogen-bond donors (Lipinski definition) is 0. The van der Waals surface area contributed by atoms with Gasteiger partial charge >= 0.3 is 11.9 Å². The number of rotatable bonds is 4. The van der Waals surface area contributed by atoms with Gasteiger partial charge in [0.2, 0.25) is 0 Å². The highest BCUT2D eigenvalue weighted by Crippen LogP contribution is 2.39. The Labute approximate surface area is 207 Å². The first kappa shape index (κ1) is 24.0. The van der Waals surface area contributed by atoms with E-state index in [9.17, 15) is 27.2 Å². The Morgan fingerprint density at radius 3 is 2.58 bits per heavy atom. The minimum atomic E-state index is -4.77. The van der Waals surface area contributed by atoms with E-state index in [1.54, 1.807) is 7.05 Å². The monoisotopic (exact) mass is 539 g/mol. The standard InChI is InChI=1S/C22H14ClF4N5O3S/c1-30-18-10(7-29-30)6-28-8-15(18)32-20(33)19-14(31(21(32)34)9-22(25,26)27)5-17(36-19)11-3-16(35-2)13(24)4-12(11)23/h3-8H,9H2,1-2H3. The third kappa shape index (κ3) is 3.84. The number of thiophene rings is 1. The van der Waals surface area contributed by atoms with E-state index in [1.807, 2.05) is 0 Å². The predicted molar refractivity (Wildman–Crippen MR) is 127 cm³/mol. The second-order valence-electron chi connectivity index (χ2n) is 7.78. The summed E-state index contributed by atoms with van der Waals surface area (Å²) >= 11 is 7.02. The van der Waals surface area contributed by atoms with Gasteiger partial charge in [0, 0.05) is 29.1 Å². The molecule has 5 aromatic rings. The van der Waals surface area contributed by atoms with Gasteiger partial charge in [0.05, 0.1) is 41.2 Å². The lowest BCUT2D eigenvalue weighted by Gasteiger charge is -2.14. The molecule has 0 aliphatic heterocycles. The SMILES string of the molecule is COc1cc(-c2cc3c(s2)c(=O)n(-c2cncc4cnn(C)c24)c(=O)n3CC(F)(F)F)c(Cl)cc1F. The third-order valence-corrected chi connectivity index (χ3v) is 6.99. The highest BCUT2D eigenvalue weighted by atomic mass is 35.5. The Morgan fingerprint density at radius 1 is 1.14 bits per heavy atom. The fourth-order valence-electron chi connectivity index (χ4n) is 3.97. The van der Waals surface area contributed by atoms with Crippen LogP contribution in [0.3, 0.4) is 0 Å². The summed E-state index contributed by atoms with van der Waals surface area (Å²) in [6.45, 7) is -1.64. The van der Waals surface area contributed by atoms with Crippen LogP contribution in [0.15, 0.2) is 46.4 Å². The number of ether oxygens (including phenoxy) is 1. The van der Waals surface area contributed by atoms with Gasteiger partial charge < -0.3 is 4.74 Å². The number of hydrogen-bond acceptors (Lipinski definition) is 6. The Morgan fingerprint density at radius 2 is 1.89 bits per heavy atom. The predicted octanol–water partition coefficient (Wildman–Crippen LogP) is 4.53. The molecule has 4 heterocycles. The van der Waals surface area contributed by atoms with E-state index in [-0.39, 0.29) is 37.1 Å². The van der Waals surface area contributed by atoms with Crippen LogP contribution >= 0.6 is 22.9 Å². The number of methoxy groups -OCH3 is 1. The van der Waals surface area contributed by atoms with Crippen LogP contribution in [0.2, 0.25) is 5.02 Å². The van der Waals surface area contributed by atoms with Crippen molar-refractivity contribution in [3.63, 3.8) is 0 Å². The lowest BCUT2D eigenvalue weighted by atomic mass is 10.1. The topological polar surface area (TPSA) is 83.9 Å². The Hall–Kier alpha value is -3.71. The summed E-state index contributed by atoms with van der Waals surface area (Å²) in [5, 5.41) is 4.52. The fourth-order valence-corrected chi connectivity index (χ4v) is 5.40. The van der Waals surface area contributed by atoms with Crippen molar-refractivity contribution in [2.45, 2.75) is 12.7 Å². The number of halogens is 5. The van der Waals surface area contributed by atoms with Gasteiger partial charge in [-0.25, -0.2) is 13.8 Å². The van der Waals surface area contributed by atoms with Gasteiger partial charge in [0.25, 0.3) is 5.56 Å². The second kappa shape index (κ2) is 8.45. The zero-order chi connectivity index (χ0) is 25.9. The minimum Gasteiger partial charge on any atom is -0.494 e. The van der Waals surface area contributed by atoms with Gasteiger partial charge in [0.15, 0.2) is 11.6 Å². The highest BCUT2D eigenvalue weighted by molar-refractivity contribution is 7.22. The molecule has 8 nitrogen and oxygen atoms in total. The normalized spacial score (nSPS) is 12.1. The molecule has 1 aromatic carbocycles. The van der Waals surface area contributed by atoms with E-state index in [0.717, 1.165) is 17.4 Å². The molecule has 0 amide bonds. The molecular weight excluding hydrogens is 526 g/mol. The summed E-state index contributed by atoms with van der Waals surface area (Å²) in [6, 6.07) is 3.52. The van der Waals surface area contributed by atoms with Crippen molar-refractivity contribution < 1.29 is 22.3 Å². The third-order valence-electron chi connectivity index (χ3n) is 5.53. The first-order valence-corrected chi connectivity index (χ1v) is 11.3. The molecule has 0 saturated carbocycles. The van der Waals surface area contributed by atoms with Crippen molar-refractivity contribution >= 4 is 44.1 Å². The lowest BCUT2D eigenvalue weighted by Crippen LogP contribution is -2.41. The molecule has 4 aromatic heterocycles. The van der Waals surface area contributed by atoms with Crippen LogP contribution in [-0.4, -0.2) is 37.2 Å². The van der Waals surface area contributed by atoms with E-state index < -0.39 is 29.8 Å². The number of benzene rings is 1. The zero-order valence-electron chi connectivity index (χ0n) is 18.4. The van der Waals surface area contributed by atoms with E-state index in [1.165, 1.54) is 42.5 Å². The van der Waals surface area contributed by atoms with Gasteiger partial charge in [-0.15, -0.1) is 11.3 Å². The second-order valence-corrected chi connectivity index (χ2v) is 9.24. The molecule has 0 N–H and O–H groups in total. The van der Waals surface area contributed by atoms with Gasteiger partial charge in [-0.1, -0.05) is 11.6 Å². The molecule has 0 spiro atoms. The fraction of sp³-hybridized carbons (Fsp3) is 0.182. The molecule has 36 heavy (non-hydrogen) atoms. The highest BCUT2D eigenvalue weighted by Gasteiger charge is 2.32. The van der Waals surface area contributed by atoms with E-state index in [2.05, 4.69) is 10.1 Å². The van der Waals surface area contributed by atoms with Crippen molar-refractivity contribution in [1.29, 1.82) is 0 Å². The molecule has 14 heteroatoms. The molecule has 0 aliphatic rings. The summed E-state index contributed by atoms with van der Waals surface area (Å²) in [6.07, 6.45) is -0.644. The first-order chi connectivity index (χ1) is 17.0. The maximum atomic E-state index is 14.0. The molecule has 0 fully saturated rings. The zero-order valence-corrected chi connectivity index (χ0v) is 20.0. The summed E-state index contributed by atoms with van der Waals surface area (Å²) < 4.78 is 62.0. The smallest absolute Gasteiger partial charge is 0.406 e. The van der Waals surface area contributed by atoms with E-state index in [4.69, 9.17) is 16.3 Å². The Kier molecular flexibility index (Phi) is 5.63. The average Bonchev–Trinajstić information content (AvgIpc) is 3.41. The molecular formula is C22H14ClF4N5O3S. The quantitative estimate of drug-likeness (QED) is 0.313. The molecule has 0 radical (unpaired) electrons. The van der Waals surface area contributed by atoms with Crippen LogP contribution in [0, 0.1) is 5.82 Å². The number of aryl methyl sites for hydroxylation is 1. The number of fused-ring (bicyclic) bond motifs is 2. The summed E-state index contributed by atoms with van der Waals surface area (Å²) in [5.74, 6) is -0.883. The molecule has 0 saturated heterocycles. The van der Waals surface area contributed by atoms with Crippen LogP contribution < -0.4 is 16.0 Å². The molecule has 0 aliphatic carbocycles. The van der Waals surface area contributed by atoms with Crippen LogP contribution in [0.1, 0.15) is 0 Å². The molecule has 0 unspecified atom stereocenters. The number of aromatic nitrogens is 5. The largest absolute Gasteiger partial charge is 0.494 e. The maximum absolute atomic E-state index is 14.0. The van der Waals surface area contributed by atoms with Gasteiger partial charge in [0.1, 0.15) is 11.2 Å². The van der Waals surface area contributed by atoms with Crippen LogP contribution in [0.25, 0.3) is 37.2 Å². The summed E-state index contributed by atoms with van der Waals surface area (Å²) in [7, 11) is 2.81. The molecule has 0 atom stereocenters. The van der Waals surface area contributed by atoms with Gasteiger partial charge in [-0.3, -0.25) is 19.0 Å². The minimum absolute atomic E-state index is 0.0169. The van der Waals surface area contributed by atoms with E-state index in [0.29, 0.717) is 20.0 Å². The molecule has 186 valence electrons. The van der Waals surface area contributed by atoms with Gasteiger partial charge in [-0.2, -0.15) is 18.3 Å². The average molecular weight is 540 g/mol. The Balaban J connectivity index is 1.88. The lowest BCUT2D eigenvalue weighted by molar-refractivity contribution is -0.140. The van der Waals surface area contributed by atoms with Crippen LogP contribution in [0.4, 0.5) is 17.6 Å². The first-order valence-electron chi connectivity index (χ1n) is 10.2. The summed E-state index contributed by atoms with van der Waals surface area (Å²) in [5.41, 5.74) is -1.73. The van der Waals surface area contributed by atoms with Crippen LogP contribution in [-0.2, 0) is 13.6 Å². The van der Waals surface area contributed by atoms with Crippen LogP contribution in [0.5, 0.6) is 5.75 Å².